The van der Waals surface area contributed by atoms with Crippen molar-refractivity contribution in [1.29, 1.82) is 0 Å². The summed E-state index contributed by atoms with van der Waals surface area (Å²) in [4.78, 5) is 9.62. The van der Waals surface area contributed by atoms with Crippen LogP contribution in [-0.2, 0) is 4.74 Å². The number of hydrogen-bond donors (Lipinski definition) is 2. The van der Waals surface area contributed by atoms with Crippen LogP contribution in [0, 0.1) is 12.8 Å². The van der Waals surface area contributed by atoms with Gasteiger partial charge in [0, 0.05) is 43.0 Å². The zero-order valence-electron chi connectivity index (χ0n) is 14.8. The van der Waals surface area contributed by atoms with Gasteiger partial charge in [0.25, 0.3) is 0 Å². The molecule has 130 valence electrons. The highest BCUT2D eigenvalue weighted by Gasteiger charge is 2.24. The molecule has 1 unspecified atom stereocenters. The van der Waals surface area contributed by atoms with Crippen LogP contribution in [-0.4, -0.2) is 57.3 Å². The normalized spacial score (nSPS) is 18.2. The van der Waals surface area contributed by atoms with Crippen LogP contribution in [0.25, 0.3) is 0 Å². The van der Waals surface area contributed by atoms with Gasteiger partial charge in [-0.05, 0) is 25.0 Å². The summed E-state index contributed by atoms with van der Waals surface area (Å²) in [6.45, 7) is 12.0. The Kier molecular flexibility index (Phi) is 7.33. The number of aliphatic imine (C=N–C) groups is 1. The van der Waals surface area contributed by atoms with Crippen LogP contribution in [0.3, 0.4) is 0 Å². The van der Waals surface area contributed by atoms with Crippen LogP contribution in [0.4, 0.5) is 0 Å². The van der Waals surface area contributed by atoms with Crippen molar-refractivity contribution in [3.8, 4) is 0 Å². The van der Waals surface area contributed by atoms with Crippen molar-refractivity contribution in [2.24, 2.45) is 10.9 Å². The second kappa shape index (κ2) is 9.25. The number of hydrogen-bond acceptors (Lipinski definition) is 4. The molecule has 1 saturated heterocycles. The fraction of sp³-hybridized carbons (Fsp3) is 0.706. The number of guanidine groups is 1. The Morgan fingerprint density at radius 2 is 1.96 bits per heavy atom. The maximum Gasteiger partial charge on any atom is 0.191 e. The summed E-state index contributed by atoms with van der Waals surface area (Å²) in [5, 5.41) is 6.88. The molecule has 5 nitrogen and oxygen atoms in total. The Balaban J connectivity index is 1.99. The van der Waals surface area contributed by atoms with Crippen molar-refractivity contribution in [2.45, 2.75) is 26.8 Å². The summed E-state index contributed by atoms with van der Waals surface area (Å²) in [6, 6.07) is 4.83. The molecule has 6 heteroatoms. The maximum atomic E-state index is 5.51. The van der Waals surface area contributed by atoms with Gasteiger partial charge in [-0.2, -0.15) is 0 Å². The van der Waals surface area contributed by atoms with E-state index in [2.05, 4.69) is 53.4 Å². The van der Waals surface area contributed by atoms with Crippen LogP contribution in [0.2, 0.25) is 0 Å². The van der Waals surface area contributed by atoms with Crippen molar-refractivity contribution in [3.63, 3.8) is 0 Å². The highest BCUT2D eigenvalue weighted by molar-refractivity contribution is 7.12. The number of thiophene rings is 1. The average Bonchev–Trinajstić information content (AvgIpc) is 2.97. The third-order valence-corrected chi connectivity index (χ3v) is 5.04. The predicted octanol–water partition coefficient (Wildman–Crippen LogP) is 2.25. The first-order valence-electron chi connectivity index (χ1n) is 8.42. The smallest absolute Gasteiger partial charge is 0.191 e. The van der Waals surface area contributed by atoms with Gasteiger partial charge < -0.3 is 15.4 Å². The van der Waals surface area contributed by atoms with E-state index in [9.17, 15) is 0 Å². The summed E-state index contributed by atoms with van der Waals surface area (Å²) in [5.74, 6) is 1.48. The zero-order chi connectivity index (χ0) is 16.7. The lowest BCUT2D eigenvalue weighted by Crippen LogP contribution is -2.46. The van der Waals surface area contributed by atoms with Crippen LogP contribution < -0.4 is 10.6 Å². The number of nitrogens with one attached hydrogen (secondary N) is 2. The fourth-order valence-electron chi connectivity index (χ4n) is 2.65. The van der Waals surface area contributed by atoms with Crippen molar-refractivity contribution < 1.29 is 4.74 Å². The van der Waals surface area contributed by atoms with E-state index in [4.69, 9.17) is 4.74 Å². The zero-order valence-corrected chi connectivity index (χ0v) is 15.6. The first-order chi connectivity index (χ1) is 11.1. The minimum atomic E-state index is 0.371. The third-order valence-electron chi connectivity index (χ3n) is 3.94. The molecule has 0 saturated carbocycles. The molecule has 0 bridgehead atoms. The summed E-state index contributed by atoms with van der Waals surface area (Å²) in [5.41, 5.74) is 0. The largest absolute Gasteiger partial charge is 0.379 e. The highest BCUT2D eigenvalue weighted by Crippen LogP contribution is 2.27. The molecule has 23 heavy (non-hydrogen) atoms. The lowest BCUT2D eigenvalue weighted by atomic mass is 10.2. The fourth-order valence-corrected chi connectivity index (χ4v) is 3.66. The molecule has 1 aromatic heterocycles. The van der Waals surface area contributed by atoms with Gasteiger partial charge in [0.05, 0.1) is 19.3 Å². The standard InChI is InChI=1S/C17H30N4OS/c1-13(2)11-19-17(18-4)20-12-15(16-6-5-14(3)23-16)21-7-9-22-10-8-21/h5-6,13,15H,7-12H2,1-4H3,(H2,18,19,20). The first kappa shape index (κ1) is 18.2. The SMILES string of the molecule is CN=C(NCC(C)C)NCC(c1ccc(C)s1)N1CCOCC1. The van der Waals surface area contributed by atoms with Gasteiger partial charge in [0.15, 0.2) is 5.96 Å². The molecule has 2 heterocycles. The van der Waals surface area contributed by atoms with Gasteiger partial charge in [-0.15, -0.1) is 11.3 Å². The van der Waals surface area contributed by atoms with Crippen LogP contribution in [0.15, 0.2) is 17.1 Å². The molecular formula is C17H30N4OS. The summed E-state index contributed by atoms with van der Waals surface area (Å²) < 4.78 is 5.51. The number of aryl methyl sites for hydroxylation is 1. The van der Waals surface area contributed by atoms with Crippen LogP contribution >= 0.6 is 11.3 Å². The molecule has 2 N–H and O–H groups in total. The topological polar surface area (TPSA) is 48.9 Å². The van der Waals surface area contributed by atoms with Gasteiger partial charge in [-0.25, -0.2) is 0 Å². The van der Waals surface area contributed by atoms with E-state index in [0.29, 0.717) is 12.0 Å². The molecule has 0 aliphatic carbocycles. The molecule has 1 aliphatic heterocycles. The van der Waals surface area contributed by atoms with Crippen LogP contribution in [0.5, 0.6) is 0 Å². The summed E-state index contributed by atoms with van der Waals surface area (Å²) in [6.07, 6.45) is 0. The maximum absolute atomic E-state index is 5.51. The van der Waals surface area contributed by atoms with E-state index < -0.39 is 0 Å². The number of ether oxygens (including phenoxy) is 1. The minimum Gasteiger partial charge on any atom is -0.379 e. The number of morpholine rings is 1. The van der Waals surface area contributed by atoms with Crippen LogP contribution in [0.1, 0.15) is 29.6 Å². The Hall–Kier alpha value is -1.11. The summed E-state index contributed by atoms with van der Waals surface area (Å²) >= 11 is 1.88. The third kappa shape index (κ3) is 5.79. The molecule has 0 spiro atoms. The quantitative estimate of drug-likeness (QED) is 0.617. The van der Waals surface area contributed by atoms with E-state index in [0.717, 1.165) is 45.4 Å². The molecule has 1 atom stereocenters. The number of nitrogens with zero attached hydrogens (tertiary/aromatic N) is 2. The molecule has 1 aromatic rings. The second-order valence-electron chi connectivity index (χ2n) is 6.34. The van der Waals surface area contributed by atoms with Crippen molar-refractivity contribution in [2.75, 3.05) is 46.4 Å². The van der Waals surface area contributed by atoms with Crippen molar-refractivity contribution in [1.82, 2.24) is 15.5 Å². The molecule has 1 aliphatic rings. The molecular weight excluding hydrogens is 308 g/mol. The van der Waals surface area contributed by atoms with E-state index >= 15 is 0 Å². The lowest BCUT2D eigenvalue weighted by Gasteiger charge is -2.34. The Morgan fingerprint density at radius 1 is 1.26 bits per heavy atom. The van der Waals surface area contributed by atoms with Gasteiger partial charge >= 0.3 is 0 Å². The Labute approximate surface area is 144 Å². The number of rotatable bonds is 6. The second-order valence-corrected chi connectivity index (χ2v) is 7.66. The van der Waals surface area contributed by atoms with E-state index in [1.165, 1.54) is 9.75 Å². The first-order valence-corrected chi connectivity index (χ1v) is 9.24. The Bertz CT molecular complexity index is 495. The molecule has 2 rings (SSSR count). The summed E-state index contributed by atoms with van der Waals surface area (Å²) in [7, 11) is 1.83. The average molecular weight is 339 g/mol. The van der Waals surface area contributed by atoms with Crippen molar-refractivity contribution in [3.05, 3.63) is 21.9 Å². The van der Waals surface area contributed by atoms with Gasteiger partial charge in [0.2, 0.25) is 0 Å². The minimum absolute atomic E-state index is 0.371. The molecule has 0 radical (unpaired) electrons. The predicted molar refractivity (Wildman–Crippen MR) is 98.4 cm³/mol. The van der Waals surface area contributed by atoms with E-state index in [-0.39, 0.29) is 0 Å². The Morgan fingerprint density at radius 3 is 2.52 bits per heavy atom. The highest BCUT2D eigenvalue weighted by atomic mass is 32.1. The van der Waals surface area contributed by atoms with Gasteiger partial charge in [0.1, 0.15) is 0 Å². The molecule has 0 aromatic carbocycles. The monoisotopic (exact) mass is 338 g/mol. The molecule has 1 fully saturated rings. The van der Waals surface area contributed by atoms with Gasteiger partial charge in [-0.1, -0.05) is 13.8 Å². The van der Waals surface area contributed by atoms with E-state index in [1.54, 1.807) is 0 Å². The van der Waals surface area contributed by atoms with E-state index in [1.807, 2.05) is 18.4 Å². The molecule has 0 amide bonds. The van der Waals surface area contributed by atoms with Crippen molar-refractivity contribution >= 4 is 17.3 Å². The van der Waals surface area contributed by atoms with Gasteiger partial charge in [-0.3, -0.25) is 9.89 Å². The lowest BCUT2D eigenvalue weighted by molar-refractivity contribution is 0.0177.